The van der Waals surface area contributed by atoms with E-state index in [2.05, 4.69) is 46.3 Å². The predicted molar refractivity (Wildman–Crippen MR) is 125 cm³/mol. The molecule has 0 spiro atoms. The summed E-state index contributed by atoms with van der Waals surface area (Å²) in [7, 11) is 1.81. The van der Waals surface area contributed by atoms with Crippen molar-refractivity contribution in [2.45, 2.75) is 6.54 Å². The van der Waals surface area contributed by atoms with E-state index >= 15 is 0 Å². The Morgan fingerprint density at radius 2 is 1.53 bits per heavy atom. The third-order valence-electron chi connectivity index (χ3n) is 6.06. The summed E-state index contributed by atoms with van der Waals surface area (Å²) < 4.78 is 7.17. The third-order valence-corrected chi connectivity index (χ3v) is 6.06. The average Bonchev–Trinajstić information content (AvgIpc) is 3.20. The number of carboxylic acids is 1. The highest BCUT2D eigenvalue weighted by Gasteiger charge is 2.15. The fourth-order valence-corrected chi connectivity index (χ4v) is 4.30. The lowest BCUT2D eigenvalue weighted by molar-refractivity contribution is 0.0342. The van der Waals surface area contributed by atoms with E-state index in [1.807, 2.05) is 25.2 Å². The van der Waals surface area contributed by atoms with Gasteiger partial charge in [-0.2, -0.15) is 0 Å². The third kappa shape index (κ3) is 4.02. The summed E-state index contributed by atoms with van der Waals surface area (Å²) in [5.41, 5.74) is 6.98. The van der Waals surface area contributed by atoms with Crippen LogP contribution in [0.5, 0.6) is 0 Å². The number of carbonyl (C=O) groups is 1. The van der Waals surface area contributed by atoms with Gasteiger partial charge < -0.3 is 14.4 Å². The van der Waals surface area contributed by atoms with E-state index in [1.165, 1.54) is 5.56 Å². The molecular formula is C26H25N3O3. The summed E-state index contributed by atoms with van der Waals surface area (Å²) in [5.74, 6) is -0.950. The largest absolute Gasteiger partial charge is 0.478 e. The quantitative estimate of drug-likeness (QED) is 0.510. The van der Waals surface area contributed by atoms with Gasteiger partial charge in [0.2, 0.25) is 0 Å². The smallest absolute Gasteiger partial charge is 0.337 e. The Labute approximate surface area is 186 Å². The van der Waals surface area contributed by atoms with Crippen molar-refractivity contribution in [3.8, 4) is 22.3 Å². The van der Waals surface area contributed by atoms with Crippen molar-refractivity contribution >= 4 is 17.0 Å². The number of nitrogens with zero attached hydrogens (tertiary/aromatic N) is 3. The fraction of sp³-hybridized carbons (Fsp3) is 0.231. The van der Waals surface area contributed by atoms with Gasteiger partial charge in [0, 0.05) is 26.7 Å². The van der Waals surface area contributed by atoms with Gasteiger partial charge in [0.05, 0.1) is 36.1 Å². The number of rotatable bonds is 5. The van der Waals surface area contributed by atoms with Crippen LogP contribution in [-0.2, 0) is 18.3 Å². The minimum absolute atomic E-state index is 0.262. The zero-order valence-electron chi connectivity index (χ0n) is 18.0. The number of imidazole rings is 1. The Hall–Kier alpha value is -3.48. The molecule has 4 aromatic rings. The molecule has 2 heterocycles. The number of morpholine rings is 1. The Kier molecular flexibility index (Phi) is 5.47. The molecule has 32 heavy (non-hydrogen) atoms. The van der Waals surface area contributed by atoms with E-state index in [-0.39, 0.29) is 5.56 Å². The van der Waals surface area contributed by atoms with Gasteiger partial charge in [-0.25, -0.2) is 9.78 Å². The number of benzene rings is 3. The first-order valence-corrected chi connectivity index (χ1v) is 10.8. The lowest BCUT2D eigenvalue weighted by Gasteiger charge is -2.26. The zero-order chi connectivity index (χ0) is 22.1. The molecule has 1 fully saturated rings. The van der Waals surface area contributed by atoms with Crippen molar-refractivity contribution < 1.29 is 14.6 Å². The minimum atomic E-state index is -0.950. The number of fused-ring (bicyclic) bond motifs is 1. The topological polar surface area (TPSA) is 67.6 Å². The molecule has 1 aromatic heterocycles. The number of carboxylic acid groups (broad SMARTS) is 1. The second-order valence-corrected chi connectivity index (χ2v) is 8.21. The summed E-state index contributed by atoms with van der Waals surface area (Å²) in [6.07, 6.45) is 1.65. The standard InChI is InChI=1S/C26H25N3O3/c1-28-17-27-24-15-22(14-23(25(24)28)26(30)31)21-8-6-20(7-9-21)19-4-2-18(3-5-19)16-29-10-12-32-13-11-29/h2-9,14-15,17H,10-13,16H2,1H3,(H,30,31). The highest BCUT2D eigenvalue weighted by molar-refractivity contribution is 6.03. The van der Waals surface area contributed by atoms with E-state index in [4.69, 9.17) is 4.74 Å². The predicted octanol–water partition coefficient (Wildman–Crippen LogP) is 4.44. The molecule has 1 aliphatic rings. The lowest BCUT2D eigenvalue weighted by Crippen LogP contribution is -2.35. The van der Waals surface area contributed by atoms with Crippen LogP contribution in [0.2, 0.25) is 0 Å². The number of aromatic carboxylic acids is 1. The maximum atomic E-state index is 11.8. The van der Waals surface area contributed by atoms with Crippen molar-refractivity contribution in [1.29, 1.82) is 0 Å². The summed E-state index contributed by atoms with van der Waals surface area (Å²) in [4.78, 5) is 18.6. The highest BCUT2D eigenvalue weighted by Crippen LogP contribution is 2.29. The van der Waals surface area contributed by atoms with Crippen LogP contribution in [0.4, 0.5) is 0 Å². The minimum Gasteiger partial charge on any atom is -0.478 e. The summed E-state index contributed by atoms with van der Waals surface area (Å²) >= 11 is 0. The summed E-state index contributed by atoms with van der Waals surface area (Å²) in [6, 6.07) is 20.6. The van der Waals surface area contributed by atoms with E-state index < -0.39 is 5.97 Å². The van der Waals surface area contributed by atoms with E-state index in [1.54, 1.807) is 17.0 Å². The van der Waals surface area contributed by atoms with Crippen molar-refractivity contribution in [1.82, 2.24) is 14.5 Å². The molecule has 162 valence electrons. The van der Waals surface area contributed by atoms with Crippen LogP contribution in [0.25, 0.3) is 33.3 Å². The molecule has 0 atom stereocenters. The van der Waals surface area contributed by atoms with Crippen LogP contribution < -0.4 is 0 Å². The van der Waals surface area contributed by atoms with Crippen LogP contribution in [0, 0.1) is 0 Å². The van der Waals surface area contributed by atoms with Crippen LogP contribution in [0.3, 0.4) is 0 Å². The molecule has 1 aliphatic heterocycles. The fourth-order valence-electron chi connectivity index (χ4n) is 4.30. The van der Waals surface area contributed by atoms with Gasteiger partial charge in [-0.1, -0.05) is 48.5 Å². The molecule has 5 rings (SSSR count). The average molecular weight is 428 g/mol. The first kappa shape index (κ1) is 20.4. The monoisotopic (exact) mass is 427 g/mol. The normalized spacial score (nSPS) is 14.7. The summed E-state index contributed by atoms with van der Waals surface area (Å²) in [6.45, 7) is 4.54. The van der Waals surface area contributed by atoms with Crippen molar-refractivity contribution in [3.63, 3.8) is 0 Å². The number of aryl methyl sites for hydroxylation is 1. The van der Waals surface area contributed by atoms with Gasteiger partial charge in [-0.05, 0) is 39.9 Å². The molecule has 0 saturated carbocycles. The van der Waals surface area contributed by atoms with Gasteiger partial charge in [-0.15, -0.1) is 0 Å². The highest BCUT2D eigenvalue weighted by atomic mass is 16.5. The molecule has 1 saturated heterocycles. The molecule has 1 N–H and O–H groups in total. The maximum Gasteiger partial charge on any atom is 0.337 e. The first-order chi connectivity index (χ1) is 15.6. The van der Waals surface area contributed by atoms with E-state index in [0.29, 0.717) is 11.0 Å². The van der Waals surface area contributed by atoms with Crippen molar-refractivity contribution in [2.24, 2.45) is 7.05 Å². The number of hydrogen-bond donors (Lipinski definition) is 1. The summed E-state index contributed by atoms with van der Waals surface area (Å²) in [5, 5.41) is 9.67. The van der Waals surface area contributed by atoms with Gasteiger partial charge in [-0.3, -0.25) is 4.90 Å². The second-order valence-electron chi connectivity index (χ2n) is 8.21. The second kappa shape index (κ2) is 8.57. The molecule has 6 heteroatoms. The van der Waals surface area contributed by atoms with Gasteiger partial charge >= 0.3 is 5.97 Å². The lowest BCUT2D eigenvalue weighted by atomic mass is 9.98. The number of aromatic nitrogens is 2. The van der Waals surface area contributed by atoms with Crippen LogP contribution >= 0.6 is 0 Å². The zero-order valence-corrected chi connectivity index (χ0v) is 18.0. The molecule has 6 nitrogen and oxygen atoms in total. The molecule has 0 radical (unpaired) electrons. The molecular weight excluding hydrogens is 402 g/mol. The van der Waals surface area contributed by atoms with Gasteiger partial charge in [0.15, 0.2) is 0 Å². The van der Waals surface area contributed by atoms with Crippen molar-refractivity contribution in [3.05, 3.63) is 78.1 Å². The Morgan fingerprint density at radius 1 is 0.938 bits per heavy atom. The van der Waals surface area contributed by atoms with E-state index in [0.717, 1.165) is 55.1 Å². The molecule has 0 unspecified atom stereocenters. The maximum absolute atomic E-state index is 11.8. The van der Waals surface area contributed by atoms with Gasteiger partial charge in [0.1, 0.15) is 0 Å². The van der Waals surface area contributed by atoms with E-state index in [9.17, 15) is 9.90 Å². The van der Waals surface area contributed by atoms with Crippen LogP contribution in [0.15, 0.2) is 67.0 Å². The molecule has 0 amide bonds. The Bertz CT molecular complexity index is 1250. The van der Waals surface area contributed by atoms with Gasteiger partial charge in [0.25, 0.3) is 0 Å². The Morgan fingerprint density at radius 3 is 2.16 bits per heavy atom. The number of hydrogen-bond acceptors (Lipinski definition) is 4. The Balaban J connectivity index is 1.38. The van der Waals surface area contributed by atoms with Crippen molar-refractivity contribution in [2.75, 3.05) is 26.3 Å². The SMILES string of the molecule is Cn1cnc2cc(-c3ccc(-c4ccc(CN5CCOCC5)cc4)cc3)cc(C(=O)O)c21. The van der Waals surface area contributed by atoms with Crippen LogP contribution in [0.1, 0.15) is 15.9 Å². The molecule has 3 aromatic carbocycles. The van der Waals surface area contributed by atoms with Crippen LogP contribution in [-0.4, -0.2) is 51.8 Å². The number of ether oxygens (including phenoxy) is 1. The first-order valence-electron chi connectivity index (χ1n) is 10.8. The molecule has 0 aliphatic carbocycles. The molecule has 0 bridgehead atoms.